The minimum Gasteiger partial charge on any atom is -1.00 e. The number of phenolic OH excluding ortho intramolecular Hbond substituents is 2. The topological polar surface area (TPSA) is 515 Å². The molecule has 112 heavy (non-hydrogen) atoms. The zero-order chi connectivity index (χ0) is 85.5. The molecule has 4 aromatic carbocycles. The maximum Gasteiger partial charge on any atom is 1.00 e. The first-order valence-electron chi connectivity index (χ1n) is 31.5. The maximum absolute atomic E-state index is 11.6. The van der Waals surface area contributed by atoms with Gasteiger partial charge in [-0.1, -0.05) is 31.9 Å². The van der Waals surface area contributed by atoms with Crippen LogP contribution in [0.15, 0.2) is 48.5 Å². The van der Waals surface area contributed by atoms with Crippen LogP contribution in [0.1, 0.15) is 130 Å². The molecule has 0 atom stereocenters. The number of aromatic hydroxyl groups is 2. The summed E-state index contributed by atoms with van der Waals surface area (Å²) in [4.78, 5) is 102. The fourth-order valence-corrected chi connectivity index (χ4v) is 9.76. The summed E-state index contributed by atoms with van der Waals surface area (Å²) in [5.41, 5.74) is 2.03. The predicted molar refractivity (Wildman–Crippen MR) is 415 cm³/mol. The van der Waals surface area contributed by atoms with E-state index in [-0.39, 0.29) is 202 Å². The minimum absolute atomic E-state index is 0. The summed E-state index contributed by atoms with van der Waals surface area (Å²) in [5.74, 6) is 0.298. The predicted octanol–water partition coefficient (Wildman–Crippen LogP) is 0.240. The van der Waals surface area contributed by atoms with Crippen LogP contribution in [0, 0.1) is 22.7 Å². The van der Waals surface area contributed by atoms with Gasteiger partial charge in [0.15, 0.2) is 50.3 Å². The average molecular weight is 1960 g/mol. The number of nitrogens with zero attached hydrogens (tertiary/aromatic N) is 6. The first kappa shape index (κ1) is 121. The van der Waals surface area contributed by atoms with Gasteiger partial charge in [-0.3, -0.25) is 66.2 Å². The van der Waals surface area contributed by atoms with E-state index in [1.165, 1.54) is 63.1 Å². The van der Waals surface area contributed by atoms with Crippen molar-refractivity contribution in [2.24, 2.45) is 0 Å². The molecular formula is C67H96Br4K2N7O29S3+. The maximum atomic E-state index is 11.6. The van der Waals surface area contributed by atoms with Crippen molar-refractivity contribution in [3.05, 3.63) is 93.0 Å². The first-order valence-corrected chi connectivity index (χ1v) is 40.7. The van der Waals surface area contributed by atoms with E-state index in [0.29, 0.717) is 142 Å². The van der Waals surface area contributed by atoms with Crippen LogP contribution in [-0.4, -0.2) is 283 Å². The molecule has 3 N–H and O–H groups in total. The molecule has 0 spiro atoms. The van der Waals surface area contributed by atoms with Gasteiger partial charge in [-0.05, 0) is 142 Å². The van der Waals surface area contributed by atoms with E-state index in [2.05, 4.69) is 78.1 Å². The van der Waals surface area contributed by atoms with Crippen molar-refractivity contribution in [1.82, 2.24) is 15.1 Å². The fraction of sp³-hybridized carbons (Fsp3) is 0.478. The number of hydrogen-bond acceptors (Lipinski definition) is 34. The van der Waals surface area contributed by atoms with Crippen molar-refractivity contribution in [1.29, 1.82) is 10.5 Å². The Morgan fingerprint density at radius 1 is 0.545 bits per heavy atom. The van der Waals surface area contributed by atoms with Crippen LogP contribution < -0.4 is 142 Å². The van der Waals surface area contributed by atoms with Crippen molar-refractivity contribution in [3.8, 4) is 58.1 Å². The normalized spacial score (nSPS) is 11.6. The van der Waals surface area contributed by atoms with Crippen LogP contribution in [0.4, 0.5) is 0 Å². The Morgan fingerprint density at radius 3 is 0.964 bits per heavy atom. The SMILES string of the molecule is BrCBr.C1CCOC1.CC#N.CC#N.CN(C)COc1cc(C=O)c(OCN(C)C)cc1C=O.CNC.C[N+](C)(CCCS(=O)(=O)[O-])COc1cc(C=O)c(OC[N+](C)(C)CCCS(=O)(=O)[O-])cc1C=O.O=Cc1cc(O)c(C=O)cc1O.O=Cc1cc(OCBr)c(C=O)cc1OCBr.O=S1(=O)CCCO1.O=[C+]O[O-].[H-].[K+].[K+]. The number of benzene rings is 4. The second kappa shape index (κ2) is 71.9. The van der Waals surface area contributed by atoms with Crippen molar-refractivity contribution in [2.75, 3.05) is 163 Å². The number of nitrogens with one attached hydrogen (secondary N) is 1. The van der Waals surface area contributed by atoms with Crippen molar-refractivity contribution < 1.29 is 248 Å². The summed E-state index contributed by atoms with van der Waals surface area (Å²) in [6.45, 7) is 7.26. The Morgan fingerprint density at radius 2 is 0.795 bits per heavy atom. The molecule has 0 saturated carbocycles. The van der Waals surface area contributed by atoms with Crippen LogP contribution in [0.2, 0.25) is 0 Å². The molecular weight excluding hydrogens is 1860 g/mol. The van der Waals surface area contributed by atoms with E-state index in [0.717, 1.165) is 29.6 Å². The second-order valence-corrected chi connectivity index (χ2v) is 31.3. The molecule has 36 nitrogen and oxygen atoms in total. The van der Waals surface area contributed by atoms with E-state index < -0.39 is 41.9 Å². The molecule has 0 radical (unpaired) electrons. The van der Waals surface area contributed by atoms with Gasteiger partial charge < -0.3 is 64.5 Å². The molecule has 4 aromatic rings. The number of aldehydes is 8. The van der Waals surface area contributed by atoms with E-state index >= 15 is 0 Å². The smallest absolute Gasteiger partial charge is 1.00 e. The summed E-state index contributed by atoms with van der Waals surface area (Å²) in [5, 5.41) is 43.9. The number of nitriles is 2. The van der Waals surface area contributed by atoms with E-state index in [4.69, 9.17) is 63.9 Å². The Balaban J connectivity index is -0.000000200. The van der Waals surface area contributed by atoms with Crippen molar-refractivity contribution >= 4 is 151 Å². The van der Waals surface area contributed by atoms with Gasteiger partial charge in [-0.2, -0.15) is 18.9 Å². The van der Waals surface area contributed by atoms with Crippen LogP contribution >= 0.6 is 63.7 Å². The molecule has 2 aliphatic heterocycles. The summed E-state index contributed by atoms with van der Waals surface area (Å²) < 4.78 is 128. The third kappa shape index (κ3) is 63.8. The Hall–Kier alpha value is -4.36. The van der Waals surface area contributed by atoms with Crippen molar-refractivity contribution in [3.63, 3.8) is 0 Å². The van der Waals surface area contributed by atoms with Gasteiger partial charge in [0.05, 0.1) is 140 Å². The summed E-state index contributed by atoms with van der Waals surface area (Å²) >= 11 is 12.3. The number of carbonyl (C=O) groups excluding carboxylic acids is 9. The number of phenols is 2. The molecule has 2 heterocycles. The molecule has 6 rings (SSSR count). The van der Waals surface area contributed by atoms with Gasteiger partial charge in [0.2, 0.25) is 13.5 Å². The number of halogens is 4. The van der Waals surface area contributed by atoms with E-state index in [1.54, 1.807) is 40.3 Å². The average Bonchev–Trinajstić information content (AvgIpc) is 1.24. The largest absolute Gasteiger partial charge is 1.00 e. The number of rotatable bonds is 33. The van der Waals surface area contributed by atoms with Gasteiger partial charge in [0.1, 0.15) is 70.5 Å². The molecule has 2 aliphatic rings. The number of ether oxygens (including phenoxy) is 7. The molecule has 0 bridgehead atoms. The molecule has 0 aliphatic carbocycles. The Bertz CT molecular complexity index is 3600. The van der Waals surface area contributed by atoms with Gasteiger partial charge >= 0.3 is 109 Å². The molecule has 0 aromatic heterocycles. The number of carbonyl (C=O) groups is 8. The quantitative estimate of drug-likeness (QED) is 0.00491. The van der Waals surface area contributed by atoms with Gasteiger partial charge in [-0.15, -0.1) is 0 Å². The third-order valence-corrected chi connectivity index (χ3v) is 15.5. The molecule has 0 unspecified atom stereocenters. The summed E-state index contributed by atoms with van der Waals surface area (Å²) in [6.07, 6.45) is 8.02. The molecule has 45 heteroatoms. The Kier molecular flexibility index (Phi) is 77.6. The fourth-order valence-electron chi connectivity index (χ4n) is 7.34. The van der Waals surface area contributed by atoms with E-state index in [1.807, 2.05) is 52.1 Å². The number of hydrogen-bond donors (Lipinski definition) is 3. The Labute approximate surface area is 775 Å². The standard InChI is InChI=1S/C20H32N2O10S2.C14H20N2O4.C10H8Br2O4.C8H6O4.C4H8O.C3H6O3S.C2H7N.2C2H3N.CH2Br2.CO3.2K.H/c1-21(2,7-5-9-33(25,26)27)15-31-19-11-18(14-24)20(12-17(19)13-23)32-16-22(3,4)8-6-10-34(28,29)30;1-15(2)9-19-13-5-12(8-18)14(6-11(13)7-17)20-10-16(3)4;11-5-15-9-1-7(3-13)10(16-6-12)2-8(9)4-14;9-3-5-1-7(11)6(4-10)2-8(5)12;1-2-4-5-3-1;4-7(5)3-1-2-6-7;1-3-2;2*1-2-3;2-1-3;2-1-4-3;;;/h11-14H,5-10,15-16H2,1-4H3;5-8H,9-10H2,1-4H3;1-4H,5-6H2;1-4,11-12H;1-4H2;1-3H2;3H,1-2H3;2*1H3;1H2;;;;/q;;;;;;;;;;;2*+1;-1. The van der Waals surface area contributed by atoms with Gasteiger partial charge in [0, 0.05) is 51.4 Å². The summed E-state index contributed by atoms with van der Waals surface area (Å²) in [6, 6.07) is 14.3. The number of quaternary nitrogens is 2. The molecule has 2 fully saturated rings. The van der Waals surface area contributed by atoms with Crippen molar-refractivity contribution in [2.45, 2.75) is 46.0 Å². The van der Waals surface area contributed by atoms with E-state index in [9.17, 15) is 72.7 Å². The van der Waals surface area contributed by atoms with Crippen LogP contribution in [0.3, 0.4) is 0 Å². The zero-order valence-electron chi connectivity index (χ0n) is 65.7. The minimum atomic E-state index is -4.31. The third-order valence-electron chi connectivity index (χ3n) is 12.1. The first-order chi connectivity index (χ1) is 51.7. The van der Waals surface area contributed by atoms with Crippen LogP contribution in [0.25, 0.3) is 0 Å². The van der Waals surface area contributed by atoms with Crippen LogP contribution in [0.5, 0.6) is 46.0 Å². The second-order valence-electron chi connectivity index (χ2n) is 23.0. The number of alkyl halides is 4. The summed E-state index contributed by atoms with van der Waals surface area (Å²) in [7, 11) is 6.49. The molecule has 2 saturated heterocycles. The van der Waals surface area contributed by atoms with Gasteiger partial charge in [-0.25, -0.2) is 16.8 Å². The zero-order valence-corrected chi connectivity index (χ0v) is 79.8. The molecule has 620 valence electrons. The van der Waals surface area contributed by atoms with Gasteiger partial charge in [0.25, 0.3) is 10.1 Å². The monoisotopic (exact) mass is 1950 g/mol. The van der Waals surface area contributed by atoms with Crippen LogP contribution in [-0.2, 0) is 49.0 Å². The molecule has 0 amide bonds.